The topological polar surface area (TPSA) is 3.24 Å². The van der Waals surface area contributed by atoms with Crippen LogP contribution in [0.2, 0.25) is 0 Å². The van der Waals surface area contributed by atoms with Crippen LogP contribution in [0.25, 0.3) is 10.8 Å². The first-order chi connectivity index (χ1) is 7.36. The minimum absolute atomic E-state index is 0.635. The van der Waals surface area contributed by atoms with Crippen molar-refractivity contribution in [1.82, 2.24) is 4.90 Å². The molecule has 1 aliphatic rings. The lowest BCUT2D eigenvalue weighted by Gasteiger charge is -2.38. The molecule has 0 aliphatic carbocycles. The second kappa shape index (κ2) is 3.35. The van der Waals surface area contributed by atoms with Crippen LogP contribution in [0.3, 0.4) is 0 Å². The Morgan fingerprint density at radius 1 is 1.07 bits per heavy atom. The van der Waals surface area contributed by atoms with E-state index in [0.29, 0.717) is 6.04 Å². The fraction of sp³-hybridized carbons (Fsp3) is 0.286. The van der Waals surface area contributed by atoms with E-state index < -0.39 is 0 Å². The first kappa shape index (κ1) is 8.93. The quantitative estimate of drug-likeness (QED) is 0.678. The van der Waals surface area contributed by atoms with E-state index in [-0.39, 0.29) is 0 Å². The lowest BCUT2D eigenvalue weighted by molar-refractivity contribution is 0.129. The smallest absolute Gasteiger partial charge is 0.0363 e. The van der Waals surface area contributed by atoms with Crippen LogP contribution in [0.1, 0.15) is 18.0 Å². The van der Waals surface area contributed by atoms with E-state index in [4.69, 9.17) is 0 Å². The first-order valence-corrected chi connectivity index (χ1v) is 5.54. The molecule has 0 bridgehead atoms. The summed E-state index contributed by atoms with van der Waals surface area (Å²) in [5.74, 6) is 0. The van der Waals surface area contributed by atoms with Gasteiger partial charge in [-0.1, -0.05) is 42.5 Å². The standard InChI is InChI=1S/C14H15N/c1-15-10-9-14(15)13-8-4-6-11-5-2-3-7-12(11)13/h2-8,14H,9-10H2,1H3. The number of benzene rings is 2. The van der Waals surface area contributed by atoms with E-state index >= 15 is 0 Å². The van der Waals surface area contributed by atoms with Gasteiger partial charge in [0, 0.05) is 12.6 Å². The summed E-state index contributed by atoms with van der Waals surface area (Å²) >= 11 is 0. The van der Waals surface area contributed by atoms with E-state index in [1.807, 2.05) is 0 Å². The van der Waals surface area contributed by atoms with Crippen molar-refractivity contribution in [2.24, 2.45) is 0 Å². The Balaban J connectivity index is 2.17. The Labute approximate surface area is 90.3 Å². The van der Waals surface area contributed by atoms with Gasteiger partial charge >= 0.3 is 0 Å². The zero-order valence-electron chi connectivity index (χ0n) is 8.98. The van der Waals surface area contributed by atoms with E-state index in [1.54, 1.807) is 0 Å². The van der Waals surface area contributed by atoms with Gasteiger partial charge in [-0.2, -0.15) is 0 Å². The Bertz CT molecular complexity index is 484. The molecular formula is C14H15N. The van der Waals surface area contributed by atoms with Gasteiger partial charge in [0.2, 0.25) is 0 Å². The molecule has 0 aromatic heterocycles. The summed E-state index contributed by atoms with van der Waals surface area (Å²) in [5.41, 5.74) is 1.49. The number of hydrogen-bond donors (Lipinski definition) is 0. The monoisotopic (exact) mass is 197 g/mol. The summed E-state index contributed by atoms with van der Waals surface area (Å²) in [5, 5.41) is 2.77. The van der Waals surface area contributed by atoms with Crippen molar-refractivity contribution in [2.75, 3.05) is 13.6 Å². The predicted octanol–water partition coefficient (Wildman–Crippen LogP) is 3.22. The van der Waals surface area contributed by atoms with E-state index in [9.17, 15) is 0 Å². The molecule has 0 radical (unpaired) electrons. The number of fused-ring (bicyclic) bond motifs is 1. The first-order valence-electron chi connectivity index (χ1n) is 5.54. The zero-order valence-corrected chi connectivity index (χ0v) is 8.98. The molecule has 0 amide bonds. The molecule has 1 nitrogen and oxygen atoms in total. The average molecular weight is 197 g/mol. The van der Waals surface area contributed by atoms with Crippen molar-refractivity contribution in [1.29, 1.82) is 0 Å². The second-order valence-electron chi connectivity index (χ2n) is 4.35. The molecule has 3 rings (SSSR count). The molecule has 0 N–H and O–H groups in total. The van der Waals surface area contributed by atoms with Crippen molar-refractivity contribution < 1.29 is 0 Å². The maximum absolute atomic E-state index is 2.42. The highest BCUT2D eigenvalue weighted by Gasteiger charge is 2.26. The van der Waals surface area contributed by atoms with Crippen LogP contribution >= 0.6 is 0 Å². The van der Waals surface area contributed by atoms with Crippen LogP contribution in [0.4, 0.5) is 0 Å². The lowest BCUT2D eigenvalue weighted by atomic mass is 9.91. The number of hydrogen-bond acceptors (Lipinski definition) is 1. The minimum atomic E-state index is 0.635. The summed E-state index contributed by atoms with van der Waals surface area (Å²) in [7, 11) is 2.20. The molecule has 0 saturated carbocycles. The highest BCUT2D eigenvalue weighted by atomic mass is 15.2. The number of rotatable bonds is 1. The van der Waals surface area contributed by atoms with Gasteiger partial charge < -0.3 is 0 Å². The minimum Gasteiger partial charge on any atom is -0.299 e. The summed E-state index contributed by atoms with van der Waals surface area (Å²) in [6.07, 6.45) is 1.30. The van der Waals surface area contributed by atoms with Crippen LogP contribution < -0.4 is 0 Å². The molecule has 1 saturated heterocycles. The molecule has 2 aromatic carbocycles. The maximum Gasteiger partial charge on any atom is 0.0363 e. The van der Waals surface area contributed by atoms with Gasteiger partial charge in [0.05, 0.1) is 0 Å². The third-order valence-electron chi connectivity index (χ3n) is 3.47. The lowest BCUT2D eigenvalue weighted by Crippen LogP contribution is -2.37. The Kier molecular flexibility index (Phi) is 2.00. The van der Waals surface area contributed by atoms with E-state index in [1.165, 1.54) is 29.3 Å². The van der Waals surface area contributed by atoms with Gasteiger partial charge in [0.25, 0.3) is 0 Å². The van der Waals surface area contributed by atoms with Gasteiger partial charge in [0.1, 0.15) is 0 Å². The molecule has 1 heteroatoms. The molecule has 1 fully saturated rings. The van der Waals surface area contributed by atoms with Crippen molar-refractivity contribution >= 4 is 10.8 Å². The highest BCUT2D eigenvalue weighted by Crippen LogP contribution is 2.35. The molecular weight excluding hydrogens is 182 g/mol. The molecule has 76 valence electrons. The fourth-order valence-electron chi connectivity index (χ4n) is 2.45. The van der Waals surface area contributed by atoms with Crippen LogP contribution in [0, 0.1) is 0 Å². The summed E-state index contributed by atoms with van der Waals surface area (Å²) in [4.78, 5) is 2.42. The van der Waals surface area contributed by atoms with Gasteiger partial charge in [-0.05, 0) is 29.8 Å². The van der Waals surface area contributed by atoms with Gasteiger partial charge in [-0.3, -0.25) is 4.90 Å². The summed E-state index contributed by atoms with van der Waals surface area (Å²) in [6, 6.07) is 15.9. The molecule has 1 aliphatic heterocycles. The van der Waals surface area contributed by atoms with Crippen LogP contribution in [0.15, 0.2) is 42.5 Å². The van der Waals surface area contributed by atoms with Crippen molar-refractivity contribution in [3.05, 3.63) is 48.0 Å². The van der Waals surface area contributed by atoms with Gasteiger partial charge in [-0.15, -0.1) is 0 Å². The number of likely N-dealkylation sites (tertiary alicyclic amines) is 1. The fourth-order valence-corrected chi connectivity index (χ4v) is 2.45. The Hall–Kier alpha value is -1.34. The molecule has 1 unspecified atom stereocenters. The molecule has 1 atom stereocenters. The van der Waals surface area contributed by atoms with E-state index in [0.717, 1.165) is 0 Å². The zero-order chi connectivity index (χ0) is 10.3. The normalized spacial score (nSPS) is 21.5. The molecule has 1 heterocycles. The van der Waals surface area contributed by atoms with Crippen LogP contribution in [-0.2, 0) is 0 Å². The largest absolute Gasteiger partial charge is 0.299 e. The summed E-state index contributed by atoms with van der Waals surface area (Å²) in [6.45, 7) is 1.23. The third kappa shape index (κ3) is 1.35. The third-order valence-corrected chi connectivity index (χ3v) is 3.47. The highest BCUT2D eigenvalue weighted by molar-refractivity contribution is 5.86. The second-order valence-corrected chi connectivity index (χ2v) is 4.35. The summed E-state index contributed by atoms with van der Waals surface area (Å²) < 4.78 is 0. The van der Waals surface area contributed by atoms with Crippen molar-refractivity contribution in [3.63, 3.8) is 0 Å². The number of nitrogens with zero attached hydrogens (tertiary/aromatic N) is 1. The SMILES string of the molecule is CN1CCC1c1cccc2ccccc12. The molecule has 15 heavy (non-hydrogen) atoms. The van der Waals surface area contributed by atoms with E-state index in [2.05, 4.69) is 54.4 Å². The van der Waals surface area contributed by atoms with Crippen molar-refractivity contribution in [3.8, 4) is 0 Å². The maximum atomic E-state index is 2.42. The molecule has 0 spiro atoms. The van der Waals surface area contributed by atoms with Crippen LogP contribution in [0.5, 0.6) is 0 Å². The molecule has 2 aromatic rings. The van der Waals surface area contributed by atoms with Crippen LogP contribution in [-0.4, -0.2) is 18.5 Å². The Morgan fingerprint density at radius 2 is 1.87 bits per heavy atom. The average Bonchev–Trinajstić information content (AvgIpc) is 2.28. The predicted molar refractivity (Wildman–Crippen MR) is 63.9 cm³/mol. The Morgan fingerprint density at radius 3 is 2.60 bits per heavy atom. The van der Waals surface area contributed by atoms with Crippen molar-refractivity contribution in [2.45, 2.75) is 12.5 Å². The van der Waals surface area contributed by atoms with Gasteiger partial charge in [0.15, 0.2) is 0 Å². The van der Waals surface area contributed by atoms with Gasteiger partial charge in [-0.25, -0.2) is 0 Å².